The average molecular weight is 507 g/mol. The minimum atomic E-state index is -3.41. The molecule has 3 heterocycles. The van der Waals surface area contributed by atoms with Gasteiger partial charge in [0.05, 0.1) is 22.9 Å². The van der Waals surface area contributed by atoms with Crippen molar-refractivity contribution < 1.29 is 32.1 Å². The fourth-order valence-electron chi connectivity index (χ4n) is 4.46. The van der Waals surface area contributed by atoms with E-state index < -0.39 is 35.2 Å². The molecule has 2 aliphatic rings. The summed E-state index contributed by atoms with van der Waals surface area (Å²) in [6.45, 7) is 0.556. The molecule has 1 aromatic carbocycles. The van der Waals surface area contributed by atoms with Crippen molar-refractivity contribution in [1.82, 2.24) is 4.57 Å². The van der Waals surface area contributed by atoms with Gasteiger partial charge in [0, 0.05) is 36.3 Å². The first-order valence-electron chi connectivity index (χ1n) is 10.6. The normalized spacial score (nSPS) is 15.1. The zero-order chi connectivity index (χ0) is 25.0. The van der Waals surface area contributed by atoms with Gasteiger partial charge in [-0.05, 0) is 30.9 Å². The summed E-state index contributed by atoms with van der Waals surface area (Å²) in [4.78, 5) is 38.4. The zero-order valence-electron chi connectivity index (χ0n) is 18.3. The van der Waals surface area contributed by atoms with Crippen LogP contribution in [0.25, 0.3) is 10.9 Å². The largest absolute Gasteiger partial charge is 0.798 e. The first kappa shape index (κ1) is 23.2. The van der Waals surface area contributed by atoms with Crippen LogP contribution in [-0.4, -0.2) is 36.6 Å². The number of anilines is 1. The van der Waals surface area contributed by atoms with Crippen LogP contribution in [-0.2, 0) is 17.6 Å². The number of rotatable bonds is 6. The highest BCUT2D eigenvalue weighted by molar-refractivity contribution is 7.15. The predicted molar refractivity (Wildman–Crippen MR) is 122 cm³/mol. The lowest BCUT2D eigenvalue weighted by molar-refractivity contribution is -0.380. The van der Waals surface area contributed by atoms with Gasteiger partial charge in [-0.25, -0.2) is 17.8 Å². The molecule has 0 unspecified atom stereocenters. The highest BCUT2D eigenvalue weighted by atomic mass is 32.1. The fraction of sp³-hybridized carbons (Fsp3) is 0.333. The number of nitro groups is 1. The van der Waals surface area contributed by atoms with Crippen molar-refractivity contribution in [3.63, 3.8) is 0 Å². The van der Waals surface area contributed by atoms with Crippen LogP contribution < -0.4 is 15.1 Å². The molecule has 0 spiro atoms. The van der Waals surface area contributed by atoms with Crippen molar-refractivity contribution in [2.75, 3.05) is 18.6 Å². The van der Waals surface area contributed by atoms with E-state index in [4.69, 9.17) is 4.74 Å². The van der Waals surface area contributed by atoms with Crippen LogP contribution in [0.2, 0.25) is 0 Å². The van der Waals surface area contributed by atoms with Gasteiger partial charge in [-0.2, -0.15) is 0 Å². The van der Waals surface area contributed by atoms with E-state index in [2.05, 4.69) is 4.65 Å². The maximum Gasteiger partial charge on any atom is 0.798 e. The van der Waals surface area contributed by atoms with Crippen molar-refractivity contribution in [3.05, 3.63) is 60.5 Å². The maximum atomic E-state index is 15.5. The smallest absolute Gasteiger partial charge is 0.492 e. The van der Waals surface area contributed by atoms with Crippen molar-refractivity contribution in [2.24, 2.45) is 0 Å². The third kappa shape index (κ3) is 4.01. The molecule has 0 amide bonds. The summed E-state index contributed by atoms with van der Waals surface area (Å²) >= 11 is 1.09. The number of aromatic nitrogens is 1. The molecule has 9 nitrogen and oxygen atoms in total. The van der Waals surface area contributed by atoms with Gasteiger partial charge in [0.25, 0.3) is 0 Å². The van der Waals surface area contributed by atoms with Gasteiger partial charge >= 0.3 is 18.4 Å². The third-order valence-corrected chi connectivity index (χ3v) is 7.30. The molecule has 0 N–H and O–H groups in total. The van der Waals surface area contributed by atoms with E-state index in [-0.39, 0.29) is 39.9 Å². The van der Waals surface area contributed by atoms with E-state index in [1.807, 2.05) is 0 Å². The SMILES string of the molecule is COc1c(N2CCc3sc([N+](=O)[O-])cc3C2)c(F)cc2c(=O)c(C(=O)OB(F)F)cn(C3CC3)c12. The highest BCUT2D eigenvalue weighted by Gasteiger charge is 2.34. The number of pyridine rings is 1. The number of hydrogen-bond acceptors (Lipinski definition) is 8. The second kappa shape index (κ2) is 8.59. The molecule has 0 saturated heterocycles. The Hall–Kier alpha value is -3.55. The summed E-state index contributed by atoms with van der Waals surface area (Å²) in [5.74, 6) is -2.24. The van der Waals surface area contributed by atoms with Gasteiger partial charge in [0.2, 0.25) is 5.43 Å². The number of fused-ring (bicyclic) bond motifs is 2. The molecule has 1 fully saturated rings. The van der Waals surface area contributed by atoms with Gasteiger partial charge < -0.3 is 18.9 Å². The van der Waals surface area contributed by atoms with Gasteiger partial charge in [-0.3, -0.25) is 14.9 Å². The quantitative estimate of drug-likeness (QED) is 0.281. The number of methoxy groups -OCH3 is 1. The van der Waals surface area contributed by atoms with Crippen LogP contribution in [0, 0.1) is 15.9 Å². The zero-order valence-corrected chi connectivity index (χ0v) is 19.1. The Morgan fingerprint density at radius 1 is 1.31 bits per heavy atom. The minimum Gasteiger partial charge on any atom is -0.492 e. The van der Waals surface area contributed by atoms with Crippen LogP contribution in [0.5, 0.6) is 5.75 Å². The monoisotopic (exact) mass is 507 g/mol. The molecule has 0 bridgehead atoms. The molecule has 0 atom stereocenters. The fourth-order valence-corrected chi connectivity index (χ4v) is 5.44. The number of hydrogen-bond donors (Lipinski definition) is 0. The molecule has 14 heteroatoms. The second-order valence-corrected chi connectivity index (χ2v) is 9.39. The van der Waals surface area contributed by atoms with Crippen LogP contribution in [0.3, 0.4) is 0 Å². The topological polar surface area (TPSA) is 104 Å². The summed E-state index contributed by atoms with van der Waals surface area (Å²) in [5, 5.41) is 11.0. The number of carbonyl (C=O) groups excluding carboxylic acids is 1. The van der Waals surface area contributed by atoms with E-state index in [0.717, 1.165) is 28.5 Å². The van der Waals surface area contributed by atoms with E-state index in [0.29, 0.717) is 31.4 Å². The molecule has 1 aliphatic carbocycles. The summed E-state index contributed by atoms with van der Waals surface area (Å²) in [7, 11) is -2.08. The van der Waals surface area contributed by atoms with E-state index in [1.54, 1.807) is 9.47 Å². The Morgan fingerprint density at radius 2 is 2.06 bits per heavy atom. The third-order valence-electron chi connectivity index (χ3n) is 6.11. The summed E-state index contributed by atoms with van der Waals surface area (Å²) in [6, 6.07) is 2.31. The standard InChI is InChI=1S/C21H17BF3N3O6S/c1-33-20-17-12(19(29)13(21(30)34-22(24)25)9-27(17)11-2-3-11)7-14(23)18(20)26-5-4-15-10(8-26)6-16(35-15)28(31)32/h6-7,9,11H,2-5,8H2,1H3. The number of carbonyl (C=O) groups is 1. The number of halogens is 3. The first-order chi connectivity index (χ1) is 16.7. The molecule has 1 saturated carbocycles. The molecule has 0 radical (unpaired) electrons. The molecule has 35 heavy (non-hydrogen) atoms. The number of benzene rings is 1. The Kier molecular flexibility index (Phi) is 5.70. The summed E-state index contributed by atoms with van der Waals surface area (Å²) in [5.41, 5.74) is -0.532. The lowest BCUT2D eigenvalue weighted by atomic mass is 10.0. The van der Waals surface area contributed by atoms with Gasteiger partial charge in [-0.15, -0.1) is 0 Å². The van der Waals surface area contributed by atoms with Crippen LogP contribution in [0.4, 0.5) is 23.7 Å². The van der Waals surface area contributed by atoms with Crippen molar-refractivity contribution >= 4 is 46.4 Å². The van der Waals surface area contributed by atoms with Crippen LogP contribution in [0.1, 0.15) is 39.7 Å². The number of ether oxygens (including phenoxy) is 1. The number of thiophene rings is 1. The van der Waals surface area contributed by atoms with E-state index >= 15 is 4.39 Å². The minimum absolute atomic E-state index is 0.00795. The van der Waals surface area contributed by atoms with Gasteiger partial charge in [0.1, 0.15) is 11.3 Å². The highest BCUT2D eigenvalue weighted by Crippen LogP contribution is 2.45. The lowest BCUT2D eigenvalue weighted by Crippen LogP contribution is -2.31. The Labute approximate surface area is 200 Å². The van der Waals surface area contributed by atoms with Crippen molar-refractivity contribution in [3.8, 4) is 5.75 Å². The molecular formula is C21H17BF3N3O6S. The van der Waals surface area contributed by atoms with E-state index in [1.165, 1.54) is 13.2 Å². The van der Waals surface area contributed by atoms with Gasteiger partial charge in [-0.1, -0.05) is 11.3 Å². The first-order valence-corrected chi connectivity index (χ1v) is 11.5. The van der Waals surface area contributed by atoms with Crippen molar-refractivity contribution in [2.45, 2.75) is 31.8 Å². The molecular weight excluding hydrogens is 490 g/mol. The Morgan fingerprint density at radius 3 is 2.69 bits per heavy atom. The molecule has 1 aliphatic heterocycles. The van der Waals surface area contributed by atoms with Crippen molar-refractivity contribution in [1.29, 1.82) is 0 Å². The summed E-state index contributed by atoms with van der Waals surface area (Å²) in [6.07, 6.45) is 3.04. The molecule has 5 rings (SSSR count). The van der Waals surface area contributed by atoms with Crippen LogP contribution in [0.15, 0.2) is 23.1 Å². The summed E-state index contributed by atoms with van der Waals surface area (Å²) < 4.78 is 51.8. The molecule has 182 valence electrons. The van der Waals surface area contributed by atoms with E-state index in [9.17, 15) is 28.3 Å². The molecule has 3 aromatic rings. The molecule has 2 aromatic heterocycles. The predicted octanol–water partition coefficient (Wildman–Crippen LogP) is 4.10. The van der Waals surface area contributed by atoms with Crippen LogP contribution >= 0.6 is 11.3 Å². The average Bonchev–Trinajstić information content (AvgIpc) is 3.55. The van der Waals surface area contributed by atoms with Gasteiger partial charge in [0.15, 0.2) is 11.6 Å². The second-order valence-electron chi connectivity index (χ2n) is 8.27. The lowest BCUT2D eigenvalue weighted by Gasteiger charge is -2.31. The Balaban J connectivity index is 1.67. The maximum absolute atomic E-state index is 15.5. The Bertz CT molecular complexity index is 1440. The number of nitrogens with zero attached hydrogens (tertiary/aromatic N) is 3.